The van der Waals surface area contributed by atoms with Gasteiger partial charge in [0.1, 0.15) is 6.10 Å². The molecule has 19 heavy (non-hydrogen) atoms. The number of carbonyl (C=O) groups excluding carboxylic acids is 1. The summed E-state index contributed by atoms with van der Waals surface area (Å²) >= 11 is 0. The average molecular weight is 266 g/mol. The summed E-state index contributed by atoms with van der Waals surface area (Å²) in [5, 5.41) is 20.5. The van der Waals surface area contributed by atoms with Crippen LogP contribution in [0.4, 0.5) is 0 Å². The SMILES string of the molecule is C=C1C(=O)OC2C1CCC(C)C1CCC(O)C12CO. The van der Waals surface area contributed by atoms with Crippen molar-refractivity contribution in [3.05, 3.63) is 12.2 Å². The highest BCUT2D eigenvalue weighted by Gasteiger charge is 2.63. The molecule has 1 saturated heterocycles. The second kappa shape index (κ2) is 4.32. The lowest BCUT2D eigenvalue weighted by Gasteiger charge is -2.42. The molecule has 1 aliphatic heterocycles. The zero-order chi connectivity index (χ0) is 13.8. The summed E-state index contributed by atoms with van der Waals surface area (Å²) in [5.41, 5.74) is -0.167. The Morgan fingerprint density at radius 3 is 2.79 bits per heavy atom. The van der Waals surface area contributed by atoms with Gasteiger partial charge in [0.25, 0.3) is 0 Å². The van der Waals surface area contributed by atoms with Crippen molar-refractivity contribution in [3.63, 3.8) is 0 Å². The molecule has 3 rings (SSSR count). The second-order valence-electron chi connectivity index (χ2n) is 6.48. The molecule has 6 atom stereocenters. The number of carbonyl (C=O) groups is 1. The summed E-state index contributed by atoms with van der Waals surface area (Å²) in [7, 11) is 0. The fraction of sp³-hybridized carbons (Fsp3) is 0.800. The number of fused-ring (bicyclic) bond motifs is 3. The number of aliphatic hydroxyl groups is 2. The Bertz CT molecular complexity index is 418. The molecule has 0 spiro atoms. The molecule has 3 fully saturated rings. The number of ether oxygens (including phenoxy) is 1. The molecule has 2 N–H and O–H groups in total. The van der Waals surface area contributed by atoms with Crippen molar-refractivity contribution in [1.29, 1.82) is 0 Å². The van der Waals surface area contributed by atoms with Crippen LogP contribution in [0.2, 0.25) is 0 Å². The van der Waals surface area contributed by atoms with Crippen LogP contribution in [-0.4, -0.2) is 35.0 Å². The lowest BCUT2D eigenvalue weighted by molar-refractivity contribution is -0.160. The minimum absolute atomic E-state index is 0.0418. The van der Waals surface area contributed by atoms with E-state index in [2.05, 4.69) is 13.5 Å². The van der Waals surface area contributed by atoms with Crippen LogP contribution in [-0.2, 0) is 9.53 Å². The van der Waals surface area contributed by atoms with Gasteiger partial charge in [-0.2, -0.15) is 0 Å². The number of aliphatic hydroxyl groups excluding tert-OH is 2. The minimum atomic E-state index is -0.685. The Hall–Kier alpha value is -0.870. The molecule has 0 bridgehead atoms. The molecule has 6 unspecified atom stereocenters. The van der Waals surface area contributed by atoms with Crippen molar-refractivity contribution < 1.29 is 19.7 Å². The second-order valence-corrected chi connectivity index (χ2v) is 6.48. The van der Waals surface area contributed by atoms with E-state index >= 15 is 0 Å². The van der Waals surface area contributed by atoms with Crippen molar-refractivity contribution in [1.82, 2.24) is 0 Å². The highest BCUT2D eigenvalue weighted by molar-refractivity contribution is 5.91. The molecule has 3 aliphatic rings. The van der Waals surface area contributed by atoms with Crippen molar-refractivity contribution in [2.45, 2.75) is 44.8 Å². The van der Waals surface area contributed by atoms with Crippen LogP contribution in [0.5, 0.6) is 0 Å². The van der Waals surface area contributed by atoms with Gasteiger partial charge in [0.15, 0.2) is 0 Å². The van der Waals surface area contributed by atoms with Gasteiger partial charge in [0, 0.05) is 11.5 Å². The molecule has 1 heterocycles. The third-order valence-electron chi connectivity index (χ3n) is 5.79. The lowest BCUT2D eigenvalue weighted by Crippen LogP contribution is -2.51. The Kier molecular flexibility index (Phi) is 2.98. The molecule has 106 valence electrons. The van der Waals surface area contributed by atoms with Crippen LogP contribution in [0.25, 0.3) is 0 Å². The van der Waals surface area contributed by atoms with E-state index in [9.17, 15) is 15.0 Å². The van der Waals surface area contributed by atoms with Gasteiger partial charge < -0.3 is 14.9 Å². The molecule has 0 amide bonds. The van der Waals surface area contributed by atoms with E-state index in [-0.39, 0.29) is 24.4 Å². The first-order valence-corrected chi connectivity index (χ1v) is 7.21. The van der Waals surface area contributed by atoms with Crippen LogP contribution in [0.3, 0.4) is 0 Å². The van der Waals surface area contributed by atoms with Crippen molar-refractivity contribution in [3.8, 4) is 0 Å². The average Bonchev–Trinajstić information content (AvgIpc) is 2.83. The van der Waals surface area contributed by atoms with Crippen molar-refractivity contribution in [2.24, 2.45) is 23.2 Å². The van der Waals surface area contributed by atoms with Gasteiger partial charge in [-0.3, -0.25) is 0 Å². The van der Waals surface area contributed by atoms with Crippen molar-refractivity contribution >= 4 is 5.97 Å². The summed E-state index contributed by atoms with van der Waals surface area (Å²) in [6, 6.07) is 0. The molecule has 2 aliphatic carbocycles. The smallest absolute Gasteiger partial charge is 0.334 e. The summed E-state index contributed by atoms with van der Waals surface area (Å²) < 4.78 is 5.53. The molecule has 0 aromatic carbocycles. The monoisotopic (exact) mass is 266 g/mol. The van der Waals surface area contributed by atoms with E-state index in [1.165, 1.54) is 0 Å². The summed E-state index contributed by atoms with van der Waals surface area (Å²) in [6.07, 6.45) is 2.45. The minimum Gasteiger partial charge on any atom is -0.458 e. The maximum absolute atomic E-state index is 11.8. The highest BCUT2D eigenvalue weighted by atomic mass is 16.6. The van der Waals surface area contributed by atoms with E-state index in [4.69, 9.17) is 4.74 Å². The summed E-state index contributed by atoms with van der Waals surface area (Å²) in [5.74, 6) is 0.262. The summed E-state index contributed by atoms with van der Waals surface area (Å²) in [6.45, 7) is 5.91. The molecule has 2 saturated carbocycles. The van der Waals surface area contributed by atoms with Crippen LogP contribution < -0.4 is 0 Å². The largest absolute Gasteiger partial charge is 0.458 e. The Morgan fingerprint density at radius 1 is 1.37 bits per heavy atom. The van der Waals surface area contributed by atoms with Gasteiger partial charge in [-0.05, 0) is 37.5 Å². The molecular weight excluding hydrogens is 244 g/mol. The Balaban J connectivity index is 2.08. The van der Waals surface area contributed by atoms with E-state index in [0.29, 0.717) is 17.9 Å². The fourth-order valence-corrected chi connectivity index (χ4v) is 4.71. The maximum Gasteiger partial charge on any atom is 0.334 e. The van der Waals surface area contributed by atoms with E-state index in [0.717, 1.165) is 19.3 Å². The topological polar surface area (TPSA) is 66.8 Å². The molecule has 0 aromatic heterocycles. The molecule has 0 aromatic rings. The quantitative estimate of drug-likeness (QED) is 0.554. The first-order valence-electron chi connectivity index (χ1n) is 7.21. The lowest BCUT2D eigenvalue weighted by atomic mass is 9.67. The van der Waals surface area contributed by atoms with Crippen LogP contribution in [0.15, 0.2) is 12.2 Å². The van der Waals surface area contributed by atoms with Crippen molar-refractivity contribution in [2.75, 3.05) is 6.61 Å². The fourth-order valence-electron chi connectivity index (χ4n) is 4.71. The predicted octanol–water partition coefficient (Wildman–Crippen LogP) is 1.26. The molecule has 4 nitrogen and oxygen atoms in total. The molecule has 4 heteroatoms. The van der Waals surface area contributed by atoms with E-state index < -0.39 is 17.6 Å². The predicted molar refractivity (Wildman–Crippen MR) is 69.2 cm³/mol. The number of rotatable bonds is 1. The number of esters is 1. The number of hydrogen-bond acceptors (Lipinski definition) is 4. The zero-order valence-electron chi connectivity index (χ0n) is 11.3. The van der Waals surface area contributed by atoms with Crippen LogP contribution >= 0.6 is 0 Å². The first kappa shape index (κ1) is 13.1. The van der Waals surface area contributed by atoms with Gasteiger partial charge in [0.2, 0.25) is 0 Å². The molecule has 0 radical (unpaired) electrons. The zero-order valence-corrected chi connectivity index (χ0v) is 11.3. The first-order chi connectivity index (χ1) is 9.02. The maximum atomic E-state index is 11.8. The van der Waals surface area contributed by atoms with Crippen LogP contribution in [0.1, 0.15) is 32.6 Å². The van der Waals surface area contributed by atoms with Gasteiger partial charge >= 0.3 is 5.97 Å². The van der Waals surface area contributed by atoms with Gasteiger partial charge in [0.05, 0.1) is 18.1 Å². The molecular formula is C15H22O4. The van der Waals surface area contributed by atoms with E-state index in [1.54, 1.807) is 0 Å². The Labute approximate surface area is 113 Å². The van der Waals surface area contributed by atoms with Gasteiger partial charge in [-0.25, -0.2) is 4.79 Å². The highest BCUT2D eigenvalue weighted by Crippen LogP contribution is 2.58. The standard InChI is InChI=1S/C15H22O4/c1-8-3-4-10-9(2)14(18)19-13(10)15(7-16)11(8)5-6-12(15)17/h8,10-13,16-17H,2-7H2,1H3. The normalized spacial score (nSPS) is 49.5. The Morgan fingerprint density at radius 2 is 2.11 bits per heavy atom. The number of hydrogen-bond donors (Lipinski definition) is 2. The summed E-state index contributed by atoms with van der Waals surface area (Å²) in [4.78, 5) is 11.8. The third kappa shape index (κ3) is 1.56. The van der Waals surface area contributed by atoms with E-state index in [1.807, 2.05) is 0 Å². The third-order valence-corrected chi connectivity index (χ3v) is 5.79. The van der Waals surface area contributed by atoms with Gasteiger partial charge in [-0.1, -0.05) is 13.5 Å². The van der Waals surface area contributed by atoms with Gasteiger partial charge in [-0.15, -0.1) is 0 Å². The van der Waals surface area contributed by atoms with Crippen LogP contribution in [0, 0.1) is 23.2 Å².